The maximum absolute atomic E-state index is 13.0. The molecule has 1 heterocycles. The van der Waals surface area contributed by atoms with Gasteiger partial charge in [0, 0.05) is 17.1 Å². The number of halogens is 6. The van der Waals surface area contributed by atoms with Crippen molar-refractivity contribution in [3.8, 4) is 11.4 Å². The number of nitrogens with two attached hydrogens (primary N) is 1. The monoisotopic (exact) mass is 567 g/mol. The summed E-state index contributed by atoms with van der Waals surface area (Å²) in [6.45, 7) is -1.81. The van der Waals surface area contributed by atoms with E-state index >= 15 is 0 Å². The van der Waals surface area contributed by atoms with Crippen molar-refractivity contribution in [3.05, 3.63) is 73.6 Å². The van der Waals surface area contributed by atoms with E-state index in [1.54, 1.807) is 18.2 Å². The number of amides is 1. The van der Waals surface area contributed by atoms with E-state index in [9.17, 15) is 27.9 Å². The summed E-state index contributed by atoms with van der Waals surface area (Å²) < 4.78 is 40.2. The number of rotatable bonds is 8. The Kier molecular flexibility index (Phi) is 9.98. The molecule has 3 aromatic rings. The number of aliphatic hydroxyl groups excluding tert-OH is 1. The predicted molar refractivity (Wildman–Crippen MR) is 132 cm³/mol. The number of hydrogen-bond acceptors (Lipinski definition) is 5. The molecule has 14 heteroatoms. The summed E-state index contributed by atoms with van der Waals surface area (Å²) in [6.07, 6.45) is -7.80. The second-order valence-electron chi connectivity index (χ2n) is 7.44. The average Bonchev–Trinajstić information content (AvgIpc) is 3.09. The van der Waals surface area contributed by atoms with Gasteiger partial charge in [0.15, 0.2) is 11.9 Å². The third-order valence-corrected chi connectivity index (χ3v) is 6.07. The molecule has 2 atom stereocenters. The SMILES string of the molecule is C.NCC(NC(=O)Cn1nc(-c2ccc(Cl)cc2)n(C[C@H](O)C(F)(F)F)c1=O)c1cccc(Cl)c1Cl. The molecule has 0 aliphatic carbocycles. The minimum absolute atomic E-state index is 0. The van der Waals surface area contributed by atoms with Crippen molar-refractivity contribution in [2.75, 3.05) is 6.54 Å². The first-order valence-corrected chi connectivity index (χ1v) is 11.2. The molecule has 0 bridgehead atoms. The molecule has 0 radical (unpaired) electrons. The van der Waals surface area contributed by atoms with E-state index in [1.807, 2.05) is 0 Å². The number of carbonyl (C=O) groups excluding carboxylic acids is 1. The topological polar surface area (TPSA) is 115 Å². The van der Waals surface area contributed by atoms with Crippen molar-refractivity contribution in [3.63, 3.8) is 0 Å². The van der Waals surface area contributed by atoms with E-state index in [2.05, 4.69) is 10.4 Å². The number of nitrogens with zero attached hydrogens (tertiary/aromatic N) is 3. The van der Waals surface area contributed by atoms with Crippen molar-refractivity contribution in [2.24, 2.45) is 5.73 Å². The minimum atomic E-state index is -4.97. The Morgan fingerprint density at radius 3 is 2.36 bits per heavy atom. The molecule has 3 rings (SSSR count). The van der Waals surface area contributed by atoms with E-state index < -0.39 is 43.0 Å². The van der Waals surface area contributed by atoms with Gasteiger partial charge in [-0.1, -0.05) is 54.4 Å². The smallest absolute Gasteiger partial charge is 0.382 e. The van der Waals surface area contributed by atoms with Gasteiger partial charge in [0.2, 0.25) is 5.91 Å². The Morgan fingerprint density at radius 1 is 1.14 bits per heavy atom. The van der Waals surface area contributed by atoms with Gasteiger partial charge in [0.1, 0.15) is 6.54 Å². The summed E-state index contributed by atoms with van der Waals surface area (Å²) in [5.41, 5.74) is 5.43. The zero-order valence-corrected chi connectivity index (χ0v) is 20.0. The molecule has 196 valence electrons. The zero-order chi connectivity index (χ0) is 25.9. The molecule has 4 N–H and O–H groups in total. The lowest BCUT2D eigenvalue weighted by molar-refractivity contribution is -0.207. The van der Waals surface area contributed by atoms with Crippen LogP contribution in [0.3, 0.4) is 0 Å². The normalized spacial score (nSPS) is 13.1. The summed E-state index contributed by atoms with van der Waals surface area (Å²) in [6, 6.07) is 9.83. The van der Waals surface area contributed by atoms with Gasteiger partial charge in [-0.05, 0) is 35.9 Å². The summed E-state index contributed by atoms with van der Waals surface area (Å²) >= 11 is 18.1. The summed E-state index contributed by atoms with van der Waals surface area (Å²) in [5, 5.41) is 17.0. The largest absolute Gasteiger partial charge is 0.416 e. The lowest BCUT2D eigenvalue weighted by atomic mass is 10.1. The van der Waals surface area contributed by atoms with Crippen LogP contribution in [-0.2, 0) is 17.9 Å². The van der Waals surface area contributed by atoms with Crippen LogP contribution in [0.15, 0.2) is 47.3 Å². The lowest BCUT2D eigenvalue weighted by Gasteiger charge is -2.19. The Bertz CT molecular complexity index is 1260. The van der Waals surface area contributed by atoms with Gasteiger partial charge >= 0.3 is 11.9 Å². The summed E-state index contributed by atoms with van der Waals surface area (Å²) in [5.74, 6) is -0.890. The zero-order valence-electron chi connectivity index (χ0n) is 17.8. The molecule has 0 spiro atoms. The molecule has 1 unspecified atom stereocenters. The van der Waals surface area contributed by atoms with Crippen molar-refractivity contribution >= 4 is 40.7 Å². The molecule has 0 fully saturated rings. The van der Waals surface area contributed by atoms with Crippen LogP contribution in [0.1, 0.15) is 19.0 Å². The molecule has 0 aliphatic rings. The highest BCUT2D eigenvalue weighted by Crippen LogP contribution is 2.29. The van der Waals surface area contributed by atoms with Gasteiger partial charge in [-0.15, -0.1) is 5.10 Å². The Hall–Kier alpha value is -2.57. The number of alkyl halides is 3. The van der Waals surface area contributed by atoms with Gasteiger partial charge in [-0.25, -0.2) is 9.48 Å². The average molecular weight is 569 g/mol. The van der Waals surface area contributed by atoms with Crippen molar-refractivity contribution in [1.82, 2.24) is 19.7 Å². The molecule has 2 aromatic carbocycles. The highest BCUT2D eigenvalue weighted by atomic mass is 35.5. The summed E-state index contributed by atoms with van der Waals surface area (Å²) in [7, 11) is 0. The first kappa shape index (κ1) is 29.7. The van der Waals surface area contributed by atoms with Crippen LogP contribution in [0.4, 0.5) is 13.2 Å². The van der Waals surface area contributed by atoms with Crippen LogP contribution in [0.2, 0.25) is 15.1 Å². The van der Waals surface area contributed by atoms with Crippen LogP contribution in [0.25, 0.3) is 11.4 Å². The number of carbonyl (C=O) groups is 1. The molecule has 1 amide bonds. The number of benzene rings is 2. The van der Waals surface area contributed by atoms with E-state index in [0.29, 0.717) is 19.8 Å². The third-order valence-electron chi connectivity index (χ3n) is 4.98. The number of nitrogens with one attached hydrogen (secondary N) is 1. The van der Waals surface area contributed by atoms with Crippen molar-refractivity contribution < 1.29 is 23.1 Å². The second kappa shape index (κ2) is 12.1. The molecular formula is C22H23Cl3F3N5O3. The third kappa shape index (κ3) is 6.80. The van der Waals surface area contributed by atoms with Crippen LogP contribution < -0.4 is 16.7 Å². The highest BCUT2D eigenvalue weighted by molar-refractivity contribution is 6.42. The quantitative estimate of drug-likeness (QED) is 0.379. The first-order valence-electron chi connectivity index (χ1n) is 10.0. The Balaban J connectivity index is 0.00000456. The maximum Gasteiger partial charge on any atom is 0.416 e. The number of aromatic nitrogens is 3. The molecule has 0 aliphatic heterocycles. The van der Waals surface area contributed by atoms with E-state index in [-0.39, 0.29) is 35.4 Å². The molecule has 1 aromatic heterocycles. The molecule has 0 saturated carbocycles. The van der Waals surface area contributed by atoms with E-state index in [0.717, 1.165) is 0 Å². The first-order chi connectivity index (χ1) is 16.4. The minimum Gasteiger partial charge on any atom is -0.382 e. The second-order valence-corrected chi connectivity index (χ2v) is 8.66. The number of hydrogen-bond donors (Lipinski definition) is 3. The van der Waals surface area contributed by atoms with Gasteiger partial charge in [-0.2, -0.15) is 13.2 Å². The van der Waals surface area contributed by atoms with Gasteiger partial charge in [0.05, 0.1) is 22.6 Å². The number of aliphatic hydroxyl groups is 1. The Morgan fingerprint density at radius 2 is 1.78 bits per heavy atom. The fourth-order valence-electron chi connectivity index (χ4n) is 3.23. The fraction of sp³-hybridized carbons (Fsp3) is 0.318. The predicted octanol–water partition coefficient (Wildman–Crippen LogP) is 4.05. The molecule has 36 heavy (non-hydrogen) atoms. The molecule has 8 nitrogen and oxygen atoms in total. The molecule has 0 saturated heterocycles. The van der Waals surface area contributed by atoms with Crippen molar-refractivity contribution in [2.45, 2.75) is 38.8 Å². The maximum atomic E-state index is 13.0. The molecular weight excluding hydrogens is 546 g/mol. The standard InChI is InChI=1S/C21H19Cl3F3N5O3.CH4/c22-12-6-4-11(5-7-12)19-30-32(20(35)31(19)9-16(33)21(25,26)27)10-17(34)29-15(8-28)13-2-1-3-14(23)18(13)24;/h1-7,15-16,33H,8-10,28H2,(H,29,34);1H4/t15?,16-;/m0./s1. The van der Waals surface area contributed by atoms with Gasteiger partial charge in [0.25, 0.3) is 0 Å². The van der Waals surface area contributed by atoms with Crippen LogP contribution in [0, 0.1) is 0 Å². The van der Waals surface area contributed by atoms with Gasteiger partial charge in [-0.3, -0.25) is 9.36 Å². The van der Waals surface area contributed by atoms with Crippen LogP contribution in [0.5, 0.6) is 0 Å². The highest BCUT2D eigenvalue weighted by Gasteiger charge is 2.39. The van der Waals surface area contributed by atoms with Crippen molar-refractivity contribution in [1.29, 1.82) is 0 Å². The Labute approximate surface area is 219 Å². The summed E-state index contributed by atoms with van der Waals surface area (Å²) in [4.78, 5) is 25.6. The van der Waals surface area contributed by atoms with E-state index in [1.165, 1.54) is 24.3 Å². The van der Waals surface area contributed by atoms with Crippen LogP contribution >= 0.6 is 34.8 Å². The fourth-order valence-corrected chi connectivity index (χ4v) is 3.79. The lowest BCUT2D eigenvalue weighted by Crippen LogP contribution is -2.40. The van der Waals surface area contributed by atoms with Gasteiger partial charge < -0.3 is 16.2 Å². The van der Waals surface area contributed by atoms with E-state index in [4.69, 9.17) is 40.5 Å². The van der Waals surface area contributed by atoms with Crippen LogP contribution in [-0.4, -0.2) is 44.2 Å².